The number of rotatable bonds is 7. The van der Waals surface area contributed by atoms with E-state index in [1.54, 1.807) is 19.1 Å². The molecular weight excluding hydrogens is 388 g/mol. The summed E-state index contributed by atoms with van der Waals surface area (Å²) in [6.45, 7) is 2.71. The van der Waals surface area contributed by atoms with Crippen LogP contribution in [0.1, 0.15) is 36.5 Å². The highest BCUT2D eigenvalue weighted by molar-refractivity contribution is 8.45. The van der Waals surface area contributed by atoms with Crippen LogP contribution in [0.4, 0.5) is 32.6 Å². The van der Waals surface area contributed by atoms with Gasteiger partial charge < -0.3 is 0 Å². The summed E-state index contributed by atoms with van der Waals surface area (Å²) in [5, 5.41) is 0. The van der Waals surface area contributed by atoms with Crippen LogP contribution in [0.25, 0.3) is 0 Å². The normalized spacial score (nSPS) is 16.2. The molecule has 9 heteroatoms. The second kappa shape index (κ2) is 6.90. The van der Waals surface area contributed by atoms with Gasteiger partial charge in [0.25, 0.3) is 0 Å². The highest BCUT2D eigenvalue weighted by Gasteiger charge is 2.67. The number of allylic oxidation sites excluding steroid dienone is 4. The predicted molar refractivity (Wildman–Crippen MR) is 89.2 cm³/mol. The van der Waals surface area contributed by atoms with E-state index >= 15 is 0 Å². The van der Waals surface area contributed by atoms with Gasteiger partial charge in [0.2, 0.25) is 0 Å². The topological polar surface area (TPSA) is 0 Å². The number of alkyl halides is 3. The predicted octanol–water partition coefficient (Wildman–Crippen LogP) is 8.21. The average Bonchev–Trinajstić information content (AvgIpc) is 2.42. The van der Waals surface area contributed by atoms with Crippen LogP contribution < -0.4 is 0 Å². The molecule has 150 valence electrons. The van der Waals surface area contributed by atoms with Crippen molar-refractivity contribution in [2.75, 3.05) is 0 Å². The van der Waals surface area contributed by atoms with Crippen molar-refractivity contribution in [3.8, 4) is 0 Å². The van der Waals surface area contributed by atoms with Gasteiger partial charge in [-0.1, -0.05) is 49.8 Å². The SMILES string of the molecule is C/C=C/CCc1ccc(CC/C=C/C(F)(F)F)c(S(F)(F)(F)(F)F)c1C. The Morgan fingerprint density at radius 3 is 1.88 bits per heavy atom. The van der Waals surface area contributed by atoms with Crippen molar-refractivity contribution in [3.05, 3.63) is 53.1 Å². The zero-order chi connectivity index (χ0) is 20.3. The van der Waals surface area contributed by atoms with Gasteiger partial charge in [-0.05, 0) is 56.2 Å². The second-order valence-electron chi connectivity index (χ2n) is 5.90. The first-order chi connectivity index (χ1) is 11.5. The van der Waals surface area contributed by atoms with E-state index in [0.717, 1.165) is 13.0 Å². The number of halogens is 8. The Kier molecular flexibility index (Phi) is 5.98. The first-order valence-electron chi connectivity index (χ1n) is 7.76. The molecule has 0 atom stereocenters. The maximum Gasteiger partial charge on any atom is 0.409 e. The highest BCUT2D eigenvalue weighted by atomic mass is 32.5. The third-order valence-electron chi connectivity index (χ3n) is 3.69. The molecule has 0 aliphatic heterocycles. The standard InChI is InChI=1S/C17H20F8S/c1-3-4-5-8-14-10-11-15(9-6-7-12-17(18,19)20)16(13(14)2)26(21,22,23,24)25/h3-4,7,10-12H,5-6,8-9H2,1-2H3/b4-3+,12-7+. The van der Waals surface area contributed by atoms with E-state index < -0.39 is 45.3 Å². The molecule has 0 unspecified atom stereocenters. The van der Waals surface area contributed by atoms with E-state index in [2.05, 4.69) is 0 Å². The molecule has 0 heterocycles. The van der Waals surface area contributed by atoms with Crippen LogP contribution in [-0.4, -0.2) is 6.18 Å². The zero-order valence-electron chi connectivity index (χ0n) is 14.2. The van der Waals surface area contributed by atoms with Crippen molar-refractivity contribution >= 4 is 10.2 Å². The largest absolute Gasteiger partial charge is 0.409 e. The molecule has 1 aromatic rings. The lowest BCUT2D eigenvalue weighted by Gasteiger charge is -2.43. The zero-order valence-corrected chi connectivity index (χ0v) is 15.0. The summed E-state index contributed by atoms with van der Waals surface area (Å²) in [6, 6.07) is 2.27. The average molecular weight is 408 g/mol. The smallest absolute Gasteiger partial charge is 0.167 e. The van der Waals surface area contributed by atoms with Crippen molar-refractivity contribution in [1.82, 2.24) is 0 Å². The Morgan fingerprint density at radius 2 is 1.38 bits per heavy atom. The third-order valence-corrected chi connectivity index (χ3v) is 5.03. The highest BCUT2D eigenvalue weighted by Crippen LogP contribution is 3.02. The lowest BCUT2D eigenvalue weighted by molar-refractivity contribution is -0.0800. The van der Waals surface area contributed by atoms with Crippen LogP contribution in [0.3, 0.4) is 0 Å². The summed E-state index contributed by atoms with van der Waals surface area (Å²) in [4.78, 5) is -1.97. The van der Waals surface area contributed by atoms with E-state index in [1.165, 1.54) is 6.07 Å². The van der Waals surface area contributed by atoms with E-state index in [0.29, 0.717) is 12.5 Å². The lowest BCUT2D eigenvalue weighted by atomic mass is 9.98. The van der Waals surface area contributed by atoms with Gasteiger partial charge in [-0.15, -0.1) is 0 Å². The maximum absolute atomic E-state index is 13.5. The molecule has 0 saturated heterocycles. The van der Waals surface area contributed by atoms with Crippen LogP contribution in [0, 0.1) is 6.92 Å². The van der Waals surface area contributed by atoms with Crippen molar-refractivity contribution in [3.63, 3.8) is 0 Å². The first kappa shape index (κ1) is 22.5. The van der Waals surface area contributed by atoms with E-state index in [1.807, 2.05) is 0 Å². The van der Waals surface area contributed by atoms with Crippen LogP contribution in [-0.2, 0) is 12.8 Å². The second-order valence-corrected chi connectivity index (χ2v) is 8.24. The van der Waals surface area contributed by atoms with E-state index in [9.17, 15) is 32.6 Å². The number of aryl methyl sites for hydroxylation is 2. The molecule has 26 heavy (non-hydrogen) atoms. The minimum absolute atomic E-state index is 0.120. The maximum atomic E-state index is 13.5. The molecule has 0 N–H and O–H groups in total. The minimum Gasteiger partial charge on any atom is -0.167 e. The molecule has 1 aromatic carbocycles. The quantitative estimate of drug-likeness (QED) is 0.315. The molecule has 0 nitrogen and oxygen atoms in total. The van der Waals surface area contributed by atoms with Gasteiger partial charge in [0, 0.05) is 6.08 Å². The van der Waals surface area contributed by atoms with Crippen molar-refractivity contribution < 1.29 is 32.6 Å². The number of hydrogen-bond acceptors (Lipinski definition) is 0. The summed E-state index contributed by atoms with van der Waals surface area (Å²) in [7, 11) is -9.99. The van der Waals surface area contributed by atoms with Gasteiger partial charge >= 0.3 is 16.4 Å². The summed E-state index contributed by atoms with van der Waals surface area (Å²) < 4.78 is 104. The third kappa shape index (κ3) is 7.01. The van der Waals surface area contributed by atoms with Crippen LogP contribution in [0.5, 0.6) is 0 Å². The van der Waals surface area contributed by atoms with E-state index in [4.69, 9.17) is 0 Å². The van der Waals surface area contributed by atoms with Gasteiger partial charge in [0.15, 0.2) is 0 Å². The molecule has 0 aromatic heterocycles. The van der Waals surface area contributed by atoms with Gasteiger partial charge in [-0.3, -0.25) is 0 Å². The molecule has 0 spiro atoms. The Morgan fingerprint density at radius 1 is 0.885 bits per heavy atom. The summed E-state index contributed by atoms with van der Waals surface area (Å²) in [5.41, 5.74) is -1.12. The Labute approximate surface area is 147 Å². The molecule has 1 rings (SSSR count). The minimum atomic E-state index is -9.99. The molecule has 0 aliphatic rings. The fourth-order valence-electron chi connectivity index (χ4n) is 2.65. The fraction of sp³-hybridized carbons (Fsp3) is 0.412. The van der Waals surface area contributed by atoms with Gasteiger partial charge in [-0.2, -0.15) is 13.2 Å². The van der Waals surface area contributed by atoms with Crippen molar-refractivity contribution in [2.45, 2.75) is 50.6 Å². The van der Waals surface area contributed by atoms with Crippen molar-refractivity contribution in [1.29, 1.82) is 0 Å². The first-order valence-corrected chi connectivity index (χ1v) is 9.71. The number of benzene rings is 1. The van der Waals surface area contributed by atoms with Gasteiger partial charge in [-0.25, -0.2) is 0 Å². The lowest BCUT2D eigenvalue weighted by Crippen LogP contribution is -2.13. The van der Waals surface area contributed by atoms with Crippen LogP contribution >= 0.6 is 10.2 Å². The molecule has 0 fully saturated rings. The molecule has 0 bridgehead atoms. The van der Waals surface area contributed by atoms with Gasteiger partial charge in [0.1, 0.15) is 4.90 Å². The fourth-order valence-corrected chi connectivity index (χ4v) is 4.03. The molecule has 0 aliphatic carbocycles. The molecule has 0 saturated carbocycles. The van der Waals surface area contributed by atoms with Crippen LogP contribution in [0.2, 0.25) is 0 Å². The summed E-state index contributed by atoms with van der Waals surface area (Å²) in [5.74, 6) is 0. The molecule has 0 amide bonds. The Balaban J connectivity index is 3.30. The van der Waals surface area contributed by atoms with Crippen LogP contribution in [0.15, 0.2) is 41.3 Å². The van der Waals surface area contributed by atoms with Crippen molar-refractivity contribution in [2.24, 2.45) is 0 Å². The Bertz CT molecular complexity index is 696. The van der Waals surface area contributed by atoms with E-state index in [-0.39, 0.29) is 18.1 Å². The number of hydrogen-bond donors (Lipinski definition) is 0. The molecular formula is C17H20F8S. The monoisotopic (exact) mass is 408 g/mol. The summed E-state index contributed by atoms with van der Waals surface area (Å²) in [6.07, 6.45) is -1.14. The Hall–Kier alpha value is -1.51. The molecule has 0 radical (unpaired) electrons. The van der Waals surface area contributed by atoms with Gasteiger partial charge in [0.05, 0.1) is 0 Å². The summed E-state index contributed by atoms with van der Waals surface area (Å²) >= 11 is 0.